The summed E-state index contributed by atoms with van der Waals surface area (Å²) in [5.41, 5.74) is 1.39. The standard InChI is InChI=1S/C11H12N2O3/c1-7-8-3-2-4-9(14)11(8)12-13(7)6-5-10(15)16/h2-4,14H,5-6H2,1H3,(H,15,16). The van der Waals surface area contributed by atoms with Crippen LogP contribution in [0.25, 0.3) is 10.9 Å². The number of aromatic hydroxyl groups is 1. The minimum atomic E-state index is -0.858. The zero-order chi connectivity index (χ0) is 11.7. The van der Waals surface area contributed by atoms with E-state index in [1.165, 1.54) is 0 Å². The fourth-order valence-electron chi connectivity index (χ4n) is 1.68. The Labute approximate surface area is 91.9 Å². The Morgan fingerprint density at radius 1 is 1.50 bits per heavy atom. The molecule has 0 saturated carbocycles. The summed E-state index contributed by atoms with van der Waals surface area (Å²) in [6.07, 6.45) is 0.0234. The van der Waals surface area contributed by atoms with Crippen LogP contribution >= 0.6 is 0 Å². The molecule has 5 nitrogen and oxygen atoms in total. The highest BCUT2D eigenvalue weighted by molar-refractivity contribution is 5.86. The van der Waals surface area contributed by atoms with Crippen LogP contribution in [0.4, 0.5) is 0 Å². The molecule has 0 amide bonds. The molecule has 2 N–H and O–H groups in total. The summed E-state index contributed by atoms with van der Waals surface area (Å²) in [4.78, 5) is 10.5. The van der Waals surface area contributed by atoms with Crippen molar-refractivity contribution in [2.75, 3.05) is 0 Å². The van der Waals surface area contributed by atoms with E-state index in [1.54, 1.807) is 16.8 Å². The number of hydrogen-bond acceptors (Lipinski definition) is 3. The van der Waals surface area contributed by atoms with Gasteiger partial charge in [0.05, 0.1) is 13.0 Å². The highest BCUT2D eigenvalue weighted by atomic mass is 16.4. The van der Waals surface area contributed by atoms with E-state index >= 15 is 0 Å². The first kappa shape index (κ1) is 10.5. The van der Waals surface area contributed by atoms with Crippen LogP contribution in [-0.4, -0.2) is 26.0 Å². The number of carboxylic acid groups (broad SMARTS) is 1. The number of rotatable bonds is 3. The summed E-state index contributed by atoms with van der Waals surface area (Å²) < 4.78 is 1.61. The Balaban J connectivity index is 2.44. The van der Waals surface area contributed by atoms with Crippen LogP contribution in [0.1, 0.15) is 12.1 Å². The molecule has 0 atom stereocenters. The lowest BCUT2D eigenvalue weighted by Gasteiger charge is -2.00. The maximum absolute atomic E-state index is 10.5. The van der Waals surface area contributed by atoms with Crippen LogP contribution in [0.2, 0.25) is 0 Å². The third kappa shape index (κ3) is 1.71. The Kier molecular flexibility index (Phi) is 2.52. The molecule has 2 rings (SSSR count). The van der Waals surface area contributed by atoms with Crippen LogP contribution in [0.15, 0.2) is 18.2 Å². The van der Waals surface area contributed by atoms with Crippen LogP contribution < -0.4 is 0 Å². The molecule has 16 heavy (non-hydrogen) atoms. The molecule has 1 heterocycles. The van der Waals surface area contributed by atoms with Crippen molar-refractivity contribution in [3.63, 3.8) is 0 Å². The number of phenolic OH excluding ortho intramolecular Hbond substituents is 1. The van der Waals surface area contributed by atoms with Gasteiger partial charge in [-0.1, -0.05) is 12.1 Å². The number of carboxylic acids is 1. The number of hydrogen-bond donors (Lipinski definition) is 2. The minimum absolute atomic E-state index is 0.0234. The molecule has 0 saturated heterocycles. The van der Waals surface area contributed by atoms with Gasteiger partial charge in [0.1, 0.15) is 11.3 Å². The van der Waals surface area contributed by atoms with Crippen molar-refractivity contribution in [2.24, 2.45) is 0 Å². The van der Waals surface area contributed by atoms with E-state index in [0.29, 0.717) is 12.1 Å². The summed E-state index contributed by atoms with van der Waals surface area (Å²) >= 11 is 0. The lowest BCUT2D eigenvalue weighted by atomic mass is 10.2. The van der Waals surface area contributed by atoms with Crippen LogP contribution in [0.3, 0.4) is 0 Å². The second-order valence-electron chi connectivity index (χ2n) is 3.63. The monoisotopic (exact) mass is 220 g/mol. The summed E-state index contributed by atoms with van der Waals surface area (Å²) in [5.74, 6) is -0.738. The summed E-state index contributed by atoms with van der Waals surface area (Å²) in [6, 6.07) is 5.17. The van der Waals surface area contributed by atoms with Crippen molar-refractivity contribution >= 4 is 16.9 Å². The highest BCUT2D eigenvalue weighted by Gasteiger charge is 2.10. The van der Waals surface area contributed by atoms with Crippen molar-refractivity contribution in [3.05, 3.63) is 23.9 Å². The SMILES string of the molecule is Cc1c2cccc(O)c2nn1CCC(=O)O. The van der Waals surface area contributed by atoms with E-state index in [4.69, 9.17) is 5.11 Å². The average Bonchev–Trinajstić information content (AvgIpc) is 2.55. The fraction of sp³-hybridized carbons (Fsp3) is 0.273. The minimum Gasteiger partial charge on any atom is -0.506 e. The number of benzene rings is 1. The van der Waals surface area contributed by atoms with E-state index < -0.39 is 5.97 Å². The number of fused-ring (bicyclic) bond motifs is 1. The maximum Gasteiger partial charge on any atom is 0.305 e. The first-order valence-electron chi connectivity index (χ1n) is 4.96. The van der Waals surface area contributed by atoms with E-state index in [0.717, 1.165) is 11.1 Å². The quantitative estimate of drug-likeness (QED) is 0.822. The van der Waals surface area contributed by atoms with E-state index in [2.05, 4.69) is 5.10 Å². The maximum atomic E-state index is 10.5. The number of phenols is 1. The van der Waals surface area contributed by atoms with Gasteiger partial charge in [0.2, 0.25) is 0 Å². The van der Waals surface area contributed by atoms with Gasteiger partial charge in [-0.2, -0.15) is 5.10 Å². The molecular weight excluding hydrogens is 208 g/mol. The zero-order valence-electron chi connectivity index (χ0n) is 8.84. The molecule has 0 fully saturated rings. The molecule has 1 aromatic carbocycles. The number of nitrogens with zero attached hydrogens (tertiary/aromatic N) is 2. The number of aryl methyl sites for hydroxylation is 2. The van der Waals surface area contributed by atoms with Gasteiger partial charge in [-0.25, -0.2) is 0 Å². The molecule has 0 aliphatic heterocycles. The van der Waals surface area contributed by atoms with Crippen molar-refractivity contribution < 1.29 is 15.0 Å². The van der Waals surface area contributed by atoms with E-state index in [1.807, 2.05) is 13.0 Å². The number of aromatic nitrogens is 2. The van der Waals surface area contributed by atoms with Crippen molar-refractivity contribution in [1.82, 2.24) is 9.78 Å². The Bertz CT molecular complexity index is 545. The van der Waals surface area contributed by atoms with Gasteiger partial charge in [0.25, 0.3) is 0 Å². The largest absolute Gasteiger partial charge is 0.506 e. The first-order valence-corrected chi connectivity index (χ1v) is 4.96. The van der Waals surface area contributed by atoms with E-state index in [9.17, 15) is 9.90 Å². The molecule has 0 unspecified atom stereocenters. The van der Waals surface area contributed by atoms with Crippen molar-refractivity contribution in [2.45, 2.75) is 19.9 Å². The molecule has 0 spiro atoms. The van der Waals surface area contributed by atoms with Gasteiger partial charge in [0, 0.05) is 11.1 Å². The van der Waals surface area contributed by atoms with Gasteiger partial charge < -0.3 is 10.2 Å². The summed E-state index contributed by atoms with van der Waals surface area (Å²) in [7, 11) is 0. The second kappa shape index (κ2) is 3.84. The molecular formula is C11H12N2O3. The average molecular weight is 220 g/mol. The van der Waals surface area contributed by atoms with Crippen molar-refractivity contribution in [1.29, 1.82) is 0 Å². The fourth-order valence-corrected chi connectivity index (χ4v) is 1.68. The van der Waals surface area contributed by atoms with Gasteiger partial charge >= 0.3 is 5.97 Å². The summed E-state index contributed by atoms with van der Waals surface area (Å²) in [6.45, 7) is 2.17. The van der Waals surface area contributed by atoms with Crippen LogP contribution in [-0.2, 0) is 11.3 Å². The normalized spacial score (nSPS) is 10.8. The first-order chi connectivity index (χ1) is 7.59. The van der Waals surface area contributed by atoms with Crippen molar-refractivity contribution in [3.8, 4) is 5.75 Å². The molecule has 1 aromatic heterocycles. The lowest BCUT2D eigenvalue weighted by Crippen LogP contribution is -2.07. The second-order valence-corrected chi connectivity index (χ2v) is 3.63. The molecule has 0 aliphatic carbocycles. The molecule has 5 heteroatoms. The summed E-state index contributed by atoms with van der Waals surface area (Å²) in [5, 5.41) is 23.2. The van der Waals surface area contributed by atoms with Gasteiger partial charge in [0.15, 0.2) is 0 Å². The predicted molar refractivity (Wildman–Crippen MR) is 58.4 cm³/mol. The molecule has 0 radical (unpaired) electrons. The topological polar surface area (TPSA) is 75.4 Å². The Hall–Kier alpha value is -2.04. The molecule has 0 aliphatic rings. The Morgan fingerprint density at radius 3 is 2.88 bits per heavy atom. The van der Waals surface area contributed by atoms with Gasteiger partial charge in [-0.3, -0.25) is 9.48 Å². The van der Waals surface area contributed by atoms with Crippen LogP contribution in [0, 0.1) is 6.92 Å². The smallest absolute Gasteiger partial charge is 0.305 e. The number of aliphatic carboxylic acids is 1. The van der Waals surface area contributed by atoms with Gasteiger partial charge in [-0.05, 0) is 13.0 Å². The number of carbonyl (C=O) groups is 1. The predicted octanol–water partition coefficient (Wildman–Crippen LogP) is 1.53. The molecule has 2 aromatic rings. The highest BCUT2D eigenvalue weighted by Crippen LogP contribution is 2.25. The lowest BCUT2D eigenvalue weighted by molar-refractivity contribution is -0.137. The van der Waals surface area contributed by atoms with Crippen LogP contribution in [0.5, 0.6) is 5.75 Å². The third-order valence-corrected chi connectivity index (χ3v) is 2.55. The Morgan fingerprint density at radius 2 is 2.25 bits per heavy atom. The van der Waals surface area contributed by atoms with Gasteiger partial charge in [-0.15, -0.1) is 0 Å². The molecule has 0 bridgehead atoms. The molecule has 84 valence electrons. The zero-order valence-corrected chi connectivity index (χ0v) is 8.84. The third-order valence-electron chi connectivity index (χ3n) is 2.55. The van der Waals surface area contributed by atoms with E-state index in [-0.39, 0.29) is 12.2 Å².